The highest BCUT2D eigenvalue weighted by molar-refractivity contribution is 7.91. The van der Waals surface area contributed by atoms with E-state index in [0.717, 1.165) is 5.56 Å². The molecule has 0 amide bonds. The molecule has 1 fully saturated rings. The summed E-state index contributed by atoms with van der Waals surface area (Å²) >= 11 is 0. The number of anilines is 1. The van der Waals surface area contributed by atoms with Gasteiger partial charge in [0.25, 0.3) is 0 Å². The van der Waals surface area contributed by atoms with E-state index >= 15 is 0 Å². The molecular weight excluding hydrogens is 427 g/mol. The van der Waals surface area contributed by atoms with Crippen molar-refractivity contribution in [1.29, 1.82) is 0 Å². The van der Waals surface area contributed by atoms with Gasteiger partial charge in [0.05, 0.1) is 23.3 Å². The Hall–Kier alpha value is -2.22. The van der Waals surface area contributed by atoms with Gasteiger partial charge in [-0.05, 0) is 40.7 Å². The van der Waals surface area contributed by atoms with Gasteiger partial charge in [-0.3, -0.25) is 0 Å². The Morgan fingerprint density at radius 1 is 1.22 bits per heavy atom. The molecule has 32 heavy (non-hydrogen) atoms. The maximum Gasteiger partial charge on any atom is 0.152 e. The lowest BCUT2D eigenvalue weighted by Crippen LogP contribution is -2.54. The van der Waals surface area contributed by atoms with Crippen molar-refractivity contribution in [1.82, 2.24) is 5.32 Å². The van der Waals surface area contributed by atoms with Gasteiger partial charge in [0.15, 0.2) is 9.84 Å². The molecule has 0 aromatic heterocycles. The van der Waals surface area contributed by atoms with Crippen LogP contribution in [-0.2, 0) is 28.2 Å². The fraction of sp³-hybridized carbons (Fsp3) is 0.440. The van der Waals surface area contributed by atoms with Gasteiger partial charge in [-0.15, -0.1) is 0 Å². The molecule has 1 saturated heterocycles. The topological polar surface area (TPSA) is 92.4 Å². The maximum absolute atomic E-state index is 14.2. The zero-order chi connectivity index (χ0) is 23.7. The van der Waals surface area contributed by atoms with Crippen molar-refractivity contribution in [3.05, 3.63) is 71.0 Å². The molecule has 5 nitrogen and oxygen atoms in total. The SMILES string of the molecule is C=Cc1cc(C[C@@H]2CS(=O)(=O)C[C@H](NCc3cccc(C(C)(C)C)c3)[C@H]2O)cc(F)c1N. The molecule has 3 rings (SSSR count). The molecule has 1 aliphatic rings. The Labute approximate surface area is 190 Å². The van der Waals surface area contributed by atoms with Crippen LogP contribution in [-0.4, -0.2) is 37.2 Å². The number of nitrogens with one attached hydrogen (secondary N) is 1. The summed E-state index contributed by atoms with van der Waals surface area (Å²) in [6.45, 7) is 10.5. The van der Waals surface area contributed by atoms with Gasteiger partial charge in [0.2, 0.25) is 0 Å². The van der Waals surface area contributed by atoms with Crippen LogP contribution < -0.4 is 11.1 Å². The molecule has 0 aliphatic carbocycles. The molecule has 0 spiro atoms. The molecule has 7 heteroatoms. The summed E-state index contributed by atoms with van der Waals surface area (Å²) in [5, 5.41) is 14.2. The van der Waals surface area contributed by atoms with Crippen molar-refractivity contribution in [3.63, 3.8) is 0 Å². The van der Waals surface area contributed by atoms with Crippen LogP contribution in [0.2, 0.25) is 0 Å². The van der Waals surface area contributed by atoms with Gasteiger partial charge in [0, 0.05) is 24.1 Å². The molecule has 0 bridgehead atoms. The van der Waals surface area contributed by atoms with E-state index in [0.29, 0.717) is 17.7 Å². The third-order valence-electron chi connectivity index (χ3n) is 6.10. The molecule has 1 aliphatic heterocycles. The Morgan fingerprint density at radius 3 is 2.59 bits per heavy atom. The first kappa shape index (κ1) is 24.4. The molecule has 0 radical (unpaired) electrons. The molecule has 1 heterocycles. The third-order valence-corrected chi connectivity index (χ3v) is 7.90. The summed E-state index contributed by atoms with van der Waals surface area (Å²) in [6, 6.07) is 10.5. The number of rotatable bonds is 6. The first-order chi connectivity index (χ1) is 14.9. The van der Waals surface area contributed by atoms with E-state index in [4.69, 9.17) is 5.73 Å². The van der Waals surface area contributed by atoms with Crippen LogP contribution in [0.5, 0.6) is 0 Å². The van der Waals surface area contributed by atoms with Crippen LogP contribution in [0.3, 0.4) is 0 Å². The zero-order valence-corrected chi connectivity index (χ0v) is 19.8. The monoisotopic (exact) mass is 460 g/mol. The van der Waals surface area contributed by atoms with Crippen LogP contribution in [0.15, 0.2) is 43.0 Å². The van der Waals surface area contributed by atoms with Crippen LogP contribution in [0.4, 0.5) is 10.1 Å². The minimum Gasteiger partial charge on any atom is -0.396 e. The van der Waals surface area contributed by atoms with Crippen molar-refractivity contribution >= 4 is 21.6 Å². The highest BCUT2D eigenvalue weighted by Gasteiger charge is 2.39. The third kappa shape index (κ3) is 5.77. The Kier molecular flexibility index (Phi) is 7.12. The lowest BCUT2D eigenvalue weighted by atomic mass is 9.86. The number of sulfone groups is 1. The summed E-state index contributed by atoms with van der Waals surface area (Å²) in [4.78, 5) is 0. The molecule has 3 atom stereocenters. The second kappa shape index (κ2) is 9.33. The number of hydrogen-bond acceptors (Lipinski definition) is 5. The Bertz CT molecular complexity index is 1090. The summed E-state index contributed by atoms with van der Waals surface area (Å²) in [7, 11) is -3.36. The molecule has 174 valence electrons. The van der Waals surface area contributed by atoms with Crippen molar-refractivity contribution in [2.75, 3.05) is 17.2 Å². The lowest BCUT2D eigenvalue weighted by molar-refractivity contribution is 0.0781. The van der Waals surface area contributed by atoms with Crippen molar-refractivity contribution in [3.8, 4) is 0 Å². The fourth-order valence-corrected chi connectivity index (χ4v) is 6.20. The van der Waals surface area contributed by atoms with E-state index in [2.05, 4.69) is 44.8 Å². The summed E-state index contributed by atoms with van der Waals surface area (Å²) in [5.74, 6) is -1.38. The van der Waals surface area contributed by atoms with Crippen LogP contribution >= 0.6 is 0 Å². The first-order valence-corrected chi connectivity index (χ1v) is 12.6. The van der Waals surface area contributed by atoms with Gasteiger partial charge in [0.1, 0.15) is 5.82 Å². The van der Waals surface area contributed by atoms with Gasteiger partial charge in [-0.25, -0.2) is 12.8 Å². The van der Waals surface area contributed by atoms with E-state index in [-0.39, 0.29) is 29.0 Å². The number of hydrogen-bond donors (Lipinski definition) is 3. The smallest absolute Gasteiger partial charge is 0.152 e. The average Bonchev–Trinajstić information content (AvgIpc) is 2.71. The fourth-order valence-electron chi connectivity index (χ4n) is 4.24. The highest BCUT2D eigenvalue weighted by Crippen LogP contribution is 2.28. The highest BCUT2D eigenvalue weighted by atomic mass is 32.2. The van der Waals surface area contributed by atoms with Gasteiger partial charge >= 0.3 is 0 Å². The zero-order valence-electron chi connectivity index (χ0n) is 18.9. The average molecular weight is 461 g/mol. The molecule has 4 N–H and O–H groups in total. The van der Waals surface area contributed by atoms with E-state index in [1.807, 2.05) is 12.1 Å². The van der Waals surface area contributed by atoms with Crippen LogP contribution in [0.25, 0.3) is 6.08 Å². The quantitative estimate of drug-likeness (QED) is 0.574. The van der Waals surface area contributed by atoms with E-state index < -0.39 is 33.7 Å². The van der Waals surface area contributed by atoms with Gasteiger partial charge < -0.3 is 16.2 Å². The minimum absolute atomic E-state index is 0.00738. The summed E-state index contributed by atoms with van der Waals surface area (Å²) in [6.07, 6.45) is 0.819. The molecule has 2 aromatic carbocycles. The summed E-state index contributed by atoms with van der Waals surface area (Å²) in [5.41, 5.74) is 9.00. The number of nitrogens with two attached hydrogens (primary N) is 1. The largest absolute Gasteiger partial charge is 0.396 e. The van der Waals surface area contributed by atoms with Crippen molar-refractivity contribution in [2.45, 2.75) is 51.3 Å². The number of aliphatic hydroxyl groups is 1. The first-order valence-electron chi connectivity index (χ1n) is 10.8. The summed E-state index contributed by atoms with van der Waals surface area (Å²) < 4.78 is 39.3. The predicted octanol–water partition coefficient (Wildman–Crippen LogP) is 3.45. The second-order valence-electron chi connectivity index (χ2n) is 9.75. The maximum atomic E-state index is 14.2. The normalized spacial score (nSPS) is 23.1. The minimum atomic E-state index is -3.36. The standard InChI is InChI=1S/C25H33FN2O3S/c1-5-18-9-17(12-21(26)23(18)27)10-19-14-32(30,31)15-22(24(19)29)28-13-16-7-6-8-20(11-16)25(2,3)4/h5-9,11-12,19,22,24,28-29H,1,10,13-15,27H2,2-4H3/t19-,22+,24+/m1/s1. The number of aliphatic hydroxyl groups excluding tert-OH is 1. The number of halogens is 1. The van der Waals surface area contributed by atoms with Crippen LogP contribution in [0.1, 0.15) is 43.0 Å². The van der Waals surface area contributed by atoms with Gasteiger partial charge in [-0.1, -0.05) is 57.7 Å². The van der Waals surface area contributed by atoms with E-state index in [1.165, 1.54) is 17.7 Å². The lowest BCUT2D eigenvalue weighted by Gasteiger charge is -2.35. The predicted molar refractivity (Wildman–Crippen MR) is 129 cm³/mol. The number of benzene rings is 2. The molecule has 2 aromatic rings. The Morgan fingerprint density at radius 2 is 1.94 bits per heavy atom. The number of nitrogen functional groups attached to an aromatic ring is 1. The molecular formula is C25H33FN2O3S. The second-order valence-corrected chi connectivity index (χ2v) is 11.9. The molecule has 0 unspecified atom stereocenters. The molecule has 0 saturated carbocycles. The van der Waals surface area contributed by atoms with Crippen molar-refractivity contribution in [2.24, 2.45) is 5.92 Å². The van der Waals surface area contributed by atoms with E-state index in [1.54, 1.807) is 6.07 Å². The van der Waals surface area contributed by atoms with Crippen molar-refractivity contribution < 1.29 is 17.9 Å². The van der Waals surface area contributed by atoms with E-state index in [9.17, 15) is 17.9 Å². The Balaban J connectivity index is 1.76. The van der Waals surface area contributed by atoms with Gasteiger partial charge in [-0.2, -0.15) is 0 Å². The van der Waals surface area contributed by atoms with Crippen LogP contribution in [0, 0.1) is 11.7 Å².